The molecule has 0 aromatic heterocycles. The average molecular weight is 545 g/mol. The quantitative estimate of drug-likeness (QED) is 0.204. The maximum Gasteiger partial charge on any atom is 0.233 e. The molecule has 194 valence electrons. The van der Waals surface area contributed by atoms with Crippen LogP contribution in [0, 0.1) is 29.1 Å². The van der Waals surface area contributed by atoms with Gasteiger partial charge in [0.25, 0.3) is 0 Å². The molecule has 16 heteroatoms. The molecule has 2 fully saturated rings. The average Bonchev–Trinajstić information content (AvgIpc) is 2.81. The molecule has 0 heterocycles. The Hall–Kier alpha value is -1.48. The Morgan fingerprint density at radius 3 is 0.794 bits per heavy atom. The molecule has 0 aliphatic heterocycles. The fourth-order valence-electron chi connectivity index (χ4n) is 3.94. The summed E-state index contributed by atoms with van der Waals surface area (Å²) in [5.41, 5.74) is 0. The Morgan fingerprint density at radius 1 is 0.324 bits per heavy atom. The van der Waals surface area contributed by atoms with Crippen LogP contribution in [-0.2, 0) is 10.9 Å². The lowest BCUT2D eigenvalue weighted by Gasteiger charge is -2.41. The number of rotatable bonds is 3. The smallest absolute Gasteiger partial charge is 0.233 e. The fourth-order valence-corrected chi connectivity index (χ4v) is 7.16. The van der Waals surface area contributed by atoms with E-state index in [0.717, 1.165) is 0 Å². The first kappa shape index (κ1) is 27.1. The molecule has 1 aromatic carbocycles. The van der Waals surface area contributed by atoms with Gasteiger partial charge in [0, 0.05) is 10.9 Å². The number of halogens is 15. The molecule has 0 N–H and O–H groups in total. The largest absolute Gasteiger partial charge is 0.241 e. The topological polar surface area (TPSA) is 0 Å². The summed E-state index contributed by atoms with van der Waals surface area (Å²) < 4.78 is 212. The molecule has 0 bridgehead atoms. The zero-order valence-corrected chi connectivity index (χ0v) is 16.8. The van der Waals surface area contributed by atoms with Crippen molar-refractivity contribution >= 4 is 10.9 Å². The summed E-state index contributed by atoms with van der Waals surface area (Å²) in [4.78, 5) is -2.42. The van der Waals surface area contributed by atoms with Crippen molar-refractivity contribution in [2.24, 2.45) is 0 Å². The number of hydrogen-bond acceptors (Lipinski definition) is 0. The zero-order chi connectivity index (χ0) is 26.0. The molecule has 3 rings (SSSR count). The first-order valence-electron chi connectivity index (χ1n) is 9.30. The highest BCUT2D eigenvalue weighted by Crippen LogP contribution is 2.47. The van der Waals surface area contributed by atoms with Crippen LogP contribution in [0.25, 0.3) is 0 Å². The van der Waals surface area contributed by atoms with Gasteiger partial charge in [0.1, 0.15) is 0 Å². The van der Waals surface area contributed by atoms with Crippen molar-refractivity contribution in [2.75, 3.05) is 0 Å². The van der Waals surface area contributed by atoms with Gasteiger partial charge in [-0.25, -0.2) is 57.1 Å². The molecule has 0 amide bonds. The van der Waals surface area contributed by atoms with Crippen molar-refractivity contribution in [2.45, 2.75) is 77.1 Å². The summed E-state index contributed by atoms with van der Waals surface area (Å²) in [5.74, 6) is -14.5. The Kier molecular flexibility index (Phi) is 7.60. The molecule has 2 saturated carbocycles. The molecule has 0 nitrogen and oxygen atoms in total. The lowest BCUT2D eigenvalue weighted by Crippen LogP contribution is -2.66. The third kappa shape index (κ3) is 3.91. The second-order valence-corrected chi connectivity index (χ2v) is 9.88. The molecule has 1 aromatic rings. The summed E-state index contributed by atoms with van der Waals surface area (Å²) in [6, 6.07) is 0. The second kappa shape index (κ2) is 9.52. The van der Waals surface area contributed by atoms with E-state index in [9.17, 15) is 65.9 Å². The predicted molar refractivity (Wildman–Crippen MR) is 88.4 cm³/mol. The molecule has 0 radical (unpaired) electrons. The molecule has 0 saturated heterocycles. The van der Waals surface area contributed by atoms with Crippen LogP contribution < -0.4 is 0 Å². The highest BCUT2D eigenvalue weighted by molar-refractivity contribution is 7.98. The summed E-state index contributed by atoms with van der Waals surface area (Å²) >= 11 is 0. The fraction of sp³-hybridized carbons (Fsp3) is 0.667. The highest BCUT2D eigenvalue weighted by Gasteiger charge is 2.69. The van der Waals surface area contributed by atoms with E-state index in [0.29, 0.717) is 0 Å². The van der Waals surface area contributed by atoms with Crippen molar-refractivity contribution in [3.63, 3.8) is 0 Å². The van der Waals surface area contributed by atoms with Gasteiger partial charge in [-0.3, -0.25) is 0 Å². The van der Waals surface area contributed by atoms with E-state index < -0.39 is 117 Å². The minimum absolute atomic E-state index is 2.42. The SMILES string of the molecule is Fc1c(F)c(F)c([S+](C2C(F)C(F)C(F)C(F)C2F)C2C(F)C(F)C(F)C(F)C2F)c(F)c1F. The van der Waals surface area contributed by atoms with Gasteiger partial charge >= 0.3 is 0 Å². The van der Waals surface area contributed by atoms with Gasteiger partial charge in [0.15, 0.2) is 72.2 Å². The molecular weight excluding hydrogens is 533 g/mol. The molecule has 8 atom stereocenters. The lowest BCUT2D eigenvalue weighted by molar-refractivity contribution is -0.0539. The number of hydrogen-bond donors (Lipinski definition) is 0. The van der Waals surface area contributed by atoms with Crippen molar-refractivity contribution < 1.29 is 65.9 Å². The van der Waals surface area contributed by atoms with Crippen molar-refractivity contribution in [3.05, 3.63) is 29.1 Å². The van der Waals surface area contributed by atoms with Gasteiger partial charge in [-0.05, 0) is 0 Å². The van der Waals surface area contributed by atoms with E-state index in [4.69, 9.17) is 0 Å². The van der Waals surface area contributed by atoms with Gasteiger partial charge in [-0.1, -0.05) is 0 Å². The highest BCUT2D eigenvalue weighted by atomic mass is 32.2. The van der Waals surface area contributed by atoms with Crippen LogP contribution in [0.1, 0.15) is 0 Å². The standard InChI is InChI=1S/C18H12F15S/c19-1-4(22)10(28)16(11(29)5(1)23)34(17-12(30)6(24)2(20)7(25)13(17)31)18-14(32)8(26)3(21)9(27)15(18)33/h1-2,4-7,10-13,16-17H/q+1. The van der Waals surface area contributed by atoms with Crippen LogP contribution in [0.3, 0.4) is 0 Å². The summed E-state index contributed by atoms with van der Waals surface area (Å²) in [6.07, 6.45) is -36.7. The van der Waals surface area contributed by atoms with Crippen LogP contribution in [-0.4, -0.2) is 72.2 Å². The van der Waals surface area contributed by atoms with Crippen molar-refractivity contribution in [1.29, 1.82) is 0 Å². The van der Waals surface area contributed by atoms with Gasteiger partial charge in [-0.15, -0.1) is 0 Å². The second-order valence-electron chi connectivity index (χ2n) is 7.64. The molecule has 34 heavy (non-hydrogen) atoms. The van der Waals surface area contributed by atoms with E-state index in [2.05, 4.69) is 0 Å². The summed E-state index contributed by atoms with van der Waals surface area (Å²) in [5, 5.41) is -6.83. The monoisotopic (exact) mass is 545 g/mol. The van der Waals surface area contributed by atoms with E-state index in [1.165, 1.54) is 0 Å². The first-order chi connectivity index (χ1) is 15.7. The normalized spacial score (nSPS) is 44.2. The zero-order valence-electron chi connectivity index (χ0n) is 16.0. The van der Waals surface area contributed by atoms with E-state index in [-0.39, 0.29) is 0 Å². The maximum absolute atomic E-state index is 14.6. The Balaban J connectivity index is 2.33. The van der Waals surface area contributed by atoms with E-state index in [1.54, 1.807) is 0 Å². The van der Waals surface area contributed by atoms with E-state index in [1.807, 2.05) is 0 Å². The molecule has 8 unspecified atom stereocenters. The minimum atomic E-state index is -3.94. The third-order valence-electron chi connectivity index (χ3n) is 5.68. The van der Waals surface area contributed by atoms with Crippen LogP contribution in [0.2, 0.25) is 0 Å². The molecule has 2 aliphatic carbocycles. The summed E-state index contributed by atoms with van der Waals surface area (Å²) in [6.45, 7) is 0. The van der Waals surface area contributed by atoms with Gasteiger partial charge < -0.3 is 0 Å². The van der Waals surface area contributed by atoms with Crippen molar-refractivity contribution in [3.8, 4) is 0 Å². The van der Waals surface area contributed by atoms with Crippen LogP contribution in [0.5, 0.6) is 0 Å². The maximum atomic E-state index is 14.6. The molecule has 0 spiro atoms. The van der Waals surface area contributed by atoms with Crippen LogP contribution in [0.15, 0.2) is 4.90 Å². The predicted octanol–water partition coefficient (Wildman–Crippen LogP) is 5.50. The summed E-state index contributed by atoms with van der Waals surface area (Å²) in [7, 11) is -3.94. The van der Waals surface area contributed by atoms with Crippen LogP contribution >= 0.6 is 0 Å². The lowest BCUT2D eigenvalue weighted by atomic mass is 9.90. The Morgan fingerprint density at radius 2 is 0.529 bits per heavy atom. The Bertz CT molecular complexity index is 817. The third-order valence-corrected chi connectivity index (χ3v) is 8.72. The minimum Gasteiger partial charge on any atom is -0.241 e. The number of alkyl halides is 10. The van der Waals surface area contributed by atoms with Gasteiger partial charge in [0.2, 0.25) is 34.0 Å². The molecular formula is C18H12F15S+. The first-order valence-corrected chi connectivity index (χ1v) is 10.7. The van der Waals surface area contributed by atoms with Gasteiger partial charge in [-0.2, -0.15) is 8.78 Å². The van der Waals surface area contributed by atoms with Crippen LogP contribution in [0.4, 0.5) is 65.9 Å². The molecule has 2 aliphatic rings. The van der Waals surface area contributed by atoms with Crippen molar-refractivity contribution in [1.82, 2.24) is 0 Å². The van der Waals surface area contributed by atoms with E-state index >= 15 is 0 Å². The van der Waals surface area contributed by atoms with Gasteiger partial charge in [0.05, 0.1) is 0 Å². The number of benzene rings is 1. The Labute approximate surface area is 183 Å².